The molecule has 150 valence electrons. The molecular formula is C20H22FNO5S. The highest BCUT2D eigenvalue weighted by Gasteiger charge is 2.15. The van der Waals surface area contributed by atoms with Crippen molar-refractivity contribution in [2.24, 2.45) is 0 Å². The van der Waals surface area contributed by atoms with Gasteiger partial charge in [-0.05, 0) is 35.4 Å². The maximum Gasteiger partial charge on any atom is 0.338 e. The zero-order valence-electron chi connectivity index (χ0n) is 15.9. The van der Waals surface area contributed by atoms with Gasteiger partial charge in [-0.25, -0.2) is 9.18 Å². The Balaban J connectivity index is 1.91. The summed E-state index contributed by atoms with van der Waals surface area (Å²) in [4.78, 5) is 25.7. The standard InChI is InChI=1S/C20H22FNO5S/c1-22(11-14-7-8-18(26-2)17(21)10-14)19(23)12-27-20(24)16-6-4-5-15(9-16)13-28(3)25/h4-10H,11-13H2,1-3H3. The van der Waals surface area contributed by atoms with Gasteiger partial charge in [0.05, 0.1) is 12.7 Å². The van der Waals surface area contributed by atoms with E-state index in [4.69, 9.17) is 9.47 Å². The van der Waals surface area contributed by atoms with Crippen molar-refractivity contribution >= 4 is 22.7 Å². The number of rotatable bonds is 8. The molecule has 1 atom stereocenters. The van der Waals surface area contributed by atoms with Gasteiger partial charge in [-0.2, -0.15) is 0 Å². The molecule has 0 heterocycles. The smallest absolute Gasteiger partial charge is 0.338 e. The third kappa shape index (κ3) is 6.16. The van der Waals surface area contributed by atoms with Crippen LogP contribution in [0.1, 0.15) is 21.5 Å². The number of halogens is 1. The Labute approximate surface area is 165 Å². The molecule has 0 saturated carbocycles. The Morgan fingerprint density at radius 1 is 1.14 bits per heavy atom. The van der Waals surface area contributed by atoms with Crippen molar-refractivity contribution < 1.29 is 27.7 Å². The molecule has 0 bridgehead atoms. The molecule has 2 aromatic carbocycles. The zero-order valence-corrected chi connectivity index (χ0v) is 16.8. The van der Waals surface area contributed by atoms with Gasteiger partial charge in [0.25, 0.3) is 5.91 Å². The van der Waals surface area contributed by atoms with Gasteiger partial charge in [0.1, 0.15) is 0 Å². The summed E-state index contributed by atoms with van der Waals surface area (Å²) in [7, 11) is 1.89. The first-order chi connectivity index (χ1) is 13.3. The fourth-order valence-corrected chi connectivity index (χ4v) is 3.16. The second-order valence-electron chi connectivity index (χ2n) is 6.21. The maximum absolute atomic E-state index is 13.7. The summed E-state index contributed by atoms with van der Waals surface area (Å²) < 4.78 is 35.0. The lowest BCUT2D eigenvalue weighted by Crippen LogP contribution is -2.30. The normalized spacial score (nSPS) is 11.6. The Bertz CT molecular complexity index is 887. The summed E-state index contributed by atoms with van der Waals surface area (Å²) >= 11 is 0. The van der Waals surface area contributed by atoms with Crippen molar-refractivity contribution in [3.05, 3.63) is 65.0 Å². The van der Waals surface area contributed by atoms with Crippen LogP contribution < -0.4 is 4.74 Å². The Hall–Kier alpha value is -2.74. The van der Waals surface area contributed by atoms with Crippen LogP contribution in [-0.2, 0) is 32.6 Å². The highest BCUT2D eigenvalue weighted by molar-refractivity contribution is 7.83. The van der Waals surface area contributed by atoms with E-state index >= 15 is 0 Å². The molecule has 2 rings (SSSR count). The molecule has 0 fully saturated rings. The van der Waals surface area contributed by atoms with Crippen LogP contribution in [0.15, 0.2) is 42.5 Å². The SMILES string of the molecule is COc1ccc(CN(C)C(=O)COC(=O)c2cccc(CS(C)=O)c2)cc1F. The molecule has 0 aliphatic carbocycles. The lowest BCUT2D eigenvalue weighted by atomic mass is 10.1. The fourth-order valence-electron chi connectivity index (χ4n) is 2.51. The van der Waals surface area contributed by atoms with E-state index in [1.807, 2.05) is 0 Å². The minimum absolute atomic E-state index is 0.126. The van der Waals surface area contributed by atoms with Crippen LogP contribution in [-0.4, -0.2) is 48.0 Å². The van der Waals surface area contributed by atoms with Crippen molar-refractivity contribution in [3.63, 3.8) is 0 Å². The van der Waals surface area contributed by atoms with Gasteiger partial charge in [-0.3, -0.25) is 9.00 Å². The second-order valence-corrected chi connectivity index (χ2v) is 7.65. The minimum atomic E-state index is -1.03. The van der Waals surface area contributed by atoms with E-state index < -0.39 is 35.1 Å². The first-order valence-electron chi connectivity index (χ1n) is 8.42. The summed E-state index contributed by atoms with van der Waals surface area (Å²) in [6, 6.07) is 11.0. The maximum atomic E-state index is 13.7. The highest BCUT2D eigenvalue weighted by Crippen LogP contribution is 2.18. The monoisotopic (exact) mass is 407 g/mol. The van der Waals surface area contributed by atoms with Crippen molar-refractivity contribution in [2.75, 3.05) is 27.0 Å². The molecular weight excluding hydrogens is 385 g/mol. The number of methoxy groups -OCH3 is 1. The van der Waals surface area contributed by atoms with E-state index in [-0.39, 0.29) is 17.9 Å². The molecule has 0 N–H and O–H groups in total. The molecule has 0 aromatic heterocycles. The first kappa shape index (κ1) is 21.6. The topological polar surface area (TPSA) is 72.9 Å². The van der Waals surface area contributed by atoms with Gasteiger partial charge in [-0.1, -0.05) is 18.2 Å². The van der Waals surface area contributed by atoms with E-state index in [9.17, 15) is 18.2 Å². The molecule has 0 saturated heterocycles. The van der Waals surface area contributed by atoms with Crippen LogP contribution >= 0.6 is 0 Å². The van der Waals surface area contributed by atoms with E-state index in [1.54, 1.807) is 36.6 Å². The zero-order chi connectivity index (χ0) is 20.7. The first-order valence-corrected chi connectivity index (χ1v) is 10.2. The van der Waals surface area contributed by atoms with Crippen LogP contribution in [0.2, 0.25) is 0 Å². The summed E-state index contributed by atoms with van der Waals surface area (Å²) in [5.41, 5.74) is 1.62. The average molecular weight is 407 g/mol. The number of carbonyl (C=O) groups is 2. The summed E-state index contributed by atoms with van der Waals surface area (Å²) in [5, 5.41) is 0. The quantitative estimate of drug-likeness (QED) is 0.629. The molecule has 1 amide bonds. The molecule has 0 radical (unpaired) electrons. The van der Waals surface area contributed by atoms with Crippen molar-refractivity contribution in [2.45, 2.75) is 12.3 Å². The Kier molecular flexibility index (Phi) is 7.69. The van der Waals surface area contributed by atoms with Crippen molar-refractivity contribution in [3.8, 4) is 5.75 Å². The average Bonchev–Trinajstić information content (AvgIpc) is 2.65. The van der Waals surface area contributed by atoms with Crippen LogP contribution in [0, 0.1) is 5.82 Å². The number of esters is 1. The molecule has 8 heteroatoms. The van der Waals surface area contributed by atoms with Gasteiger partial charge in [0, 0.05) is 36.4 Å². The molecule has 0 aliphatic heterocycles. The fraction of sp³-hybridized carbons (Fsp3) is 0.300. The van der Waals surface area contributed by atoms with Crippen LogP contribution in [0.5, 0.6) is 5.75 Å². The van der Waals surface area contributed by atoms with E-state index in [0.717, 1.165) is 5.56 Å². The van der Waals surface area contributed by atoms with Crippen LogP contribution in [0.3, 0.4) is 0 Å². The van der Waals surface area contributed by atoms with Crippen LogP contribution in [0.25, 0.3) is 0 Å². The van der Waals surface area contributed by atoms with E-state index in [0.29, 0.717) is 11.3 Å². The lowest BCUT2D eigenvalue weighted by molar-refractivity contribution is -0.133. The number of carbonyl (C=O) groups excluding carboxylic acids is 2. The molecule has 28 heavy (non-hydrogen) atoms. The van der Waals surface area contributed by atoms with Crippen molar-refractivity contribution in [1.82, 2.24) is 4.90 Å². The van der Waals surface area contributed by atoms with E-state index in [1.165, 1.54) is 31.2 Å². The van der Waals surface area contributed by atoms with Gasteiger partial charge < -0.3 is 14.4 Å². The minimum Gasteiger partial charge on any atom is -0.494 e. The van der Waals surface area contributed by atoms with Gasteiger partial charge >= 0.3 is 5.97 Å². The summed E-state index contributed by atoms with van der Waals surface area (Å²) in [5.74, 6) is -1.11. The van der Waals surface area contributed by atoms with E-state index in [2.05, 4.69) is 0 Å². The van der Waals surface area contributed by atoms with Gasteiger partial charge in [-0.15, -0.1) is 0 Å². The molecule has 6 nitrogen and oxygen atoms in total. The predicted octanol–water partition coefficient (Wildman–Crippen LogP) is 2.53. The predicted molar refractivity (Wildman–Crippen MR) is 104 cm³/mol. The Morgan fingerprint density at radius 3 is 2.54 bits per heavy atom. The number of hydrogen-bond donors (Lipinski definition) is 0. The summed E-state index contributed by atoms with van der Waals surface area (Å²) in [6.07, 6.45) is 1.58. The number of benzene rings is 2. The Morgan fingerprint density at radius 2 is 1.89 bits per heavy atom. The number of hydrogen-bond acceptors (Lipinski definition) is 5. The van der Waals surface area contributed by atoms with Gasteiger partial charge in [0.2, 0.25) is 0 Å². The van der Waals surface area contributed by atoms with Crippen LogP contribution in [0.4, 0.5) is 4.39 Å². The third-order valence-electron chi connectivity index (χ3n) is 3.92. The number of nitrogens with zero attached hydrogens (tertiary/aromatic N) is 1. The summed E-state index contributed by atoms with van der Waals surface area (Å²) in [6.45, 7) is -0.271. The molecule has 0 aliphatic rings. The van der Waals surface area contributed by atoms with Gasteiger partial charge in [0.15, 0.2) is 18.2 Å². The molecule has 0 spiro atoms. The highest BCUT2D eigenvalue weighted by atomic mass is 32.2. The number of likely N-dealkylation sites (N-methyl/N-ethyl adjacent to an activating group) is 1. The number of ether oxygens (including phenoxy) is 2. The van der Waals surface area contributed by atoms with Crippen molar-refractivity contribution in [1.29, 1.82) is 0 Å². The lowest BCUT2D eigenvalue weighted by Gasteiger charge is -2.17. The largest absolute Gasteiger partial charge is 0.494 e. The second kappa shape index (κ2) is 9.98. The molecule has 2 aromatic rings. The molecule has 1 unspecified atom stereocenters. The number of amides is 1. The third-order valence-corrected chi connectivity index (χ3v) is 4.66.